The molecule has 0 bridgehead atoms. The molecule has 4 nitrogen and oxygen atoms in total. The quantitative estimate of drug-likeness (QED) is 0.821. The number of nitrogens with two attached hydrogens (primary N) is 1. The molecule has 4 heteroatoms. The standard InChI is InChI=1S/C11H17N3O/c1-4-15-11-10(13)5-9(6-12)14(11)7-8(2)3/h5,8H,4,7,13H2,1-3H3. The molecule has 0 spiro atoms. The van der Waals surface area contributed by atoms with Gasteiger partial charge in [-0.15, -0.1) is 0 Å². The fraction of sp³-hybridized carbons (Fsp3) is 0.545. The van der Waals surface area contributed by atoms with E-state index < -0.39 is 0 Å². The molecule has 0 aliphatic carbocycles. The van der Waals surface area contributed by atoms with Gasteiger partial charge in [-0.05, 0) is 12.8 Å². The second-order valence-corrected chi connectivity index (χ2v) is 3.84. The van der Waals surface area contributed by atoms with E-state index in [-0.39, 0.29) is 0 Å². The van der Waals surface area contributed by atoms with Crippen LogP contribution in [0.5, 0.6) is 5.88 Å². The number of hydrogen-bond acceptors (Lipinski definition) is 3. The zero-order valence-corrected chi connectivity index (χ0v) is 9.45. The number of aromatic nitrogens is 1. The number of nitrogens with zero attached hydrogens (tertiary/aromatic N) is 2. The van der Waals surface area contributed by atoms with E-state index >= 15 is 0 Å². The molecule has 1 heterocycles. The first-order chi connectivity index (χ1) is 7.10. The molecule has 0 aliphatic rings. The van der Waals surface area contributed by atoms with E-state index in [1.54, 1.807) is 6.07 Å². The van der Waals surface area contributed by atoms with Crippen molar-refractivity contribution in [2.45, 2.75) is 27.3 Å². The van der Waals surface area contributed by atoms with E-state index in [0.717, 1.165) is 6.54 Å². The predicted octanol–water partition coefficient (Wildman–Crippen LogP) is 2.00. The van der Waals surface area contributed by atoms with Crippen molar-refractivity contribution in [3.05, 3.63) is 11.8 Å². The Labute approximate surface area is 90.3 Å². The van der Waals surface area contributed by atoms with Gasteiger partial charge in [0.1, 0.15) is 11.8 Å². The fourth-order valence-electron chi connectivity index (χ4n) is 1.49. The highest BCUT2D eigenvalue weighted by molar-refractivity contribution is 5.55. The number of nitrogen functional groups attached to an aromatic ring is 1. The minimum absolute atomic E-state index is 0.447. The van der Waals surface area contributed by atoms with Gasteiger partial charge in [0.05, 0.1) is 12.3 Å². The topological polar surface area (TPSA) is 64.0 Å². The third-order valence-corrected chi connectivity index (χ3v) is 2.02. The van der Waals surface area contributed by atoms with Crippen LogP contribution in [0, 0.1) is 17.2 Å². The van der Waals surface area contributed by atoms with Gasteiger partial charge in [0.2, 0.25) is 5.88 Å². The maximum atomic E-state index is 8.96. The van der Waals surface area contributed by atoms with Crippen LogP contribution in [-0.4, -0.2) is 11.2 Å². The highest BCUT2D eigenvalue weighted by atomic mass is 16.5. The number of ether oxygens (including phenoxy) is 1. The lowest BCUT2D eigenvalue weighted by Crippen LogP contribution is -2.09. The molecular formula is C11H17N3O. The Hall–Kier alpha value is -1.63. The van der Waals surface area contributed by atoms with Crippen LogP contribution in [0.3, 0.4) is 0 Å². The van der Waals surface area contributed by atoms with Gasteiger partial charge in [-0.25, -0.2) is 0 Å². The summed E-state index contributed by atoms with van der Waals surface area (Å²) in [6.07, 6.45) is 0. The van der Waals surface area contributed by atoms with Gasteiger partial charge in [0.15, 0.2) is 0 Å². The lowest BCUT2D eigenvalue weighted by Gasteiger charge is -2.13. The van der Waals surface area contributed by atoms with Crippen molar-refractivity contribution >= 4 is 5.69 Å². The van der Waals surface area contributed by atoms with Crippen molar-refractivity contribution in [3.8, 4) is 11.9 Å². The molecule has 1 aromatic heterocycles. The van der Waals surface area contributed by atoms with Gasteiger partial charge in [0, 0.05) is 12.6 Å². The fourth-order valence-corrected chi connectivity index (χ4v) is 1.49. The smallest absolute Gasteiger partial charge is 0.218 e. The molecule has 0 saturated carbocycles. The molecule has 15 heavy (non-hydrogen) atoms. The van der Waals surface area contributed by atoms with Gasteiger partial charge in [0.25, 0.3) is 0 Å². The summed E-state index contributed by atoms with van der Waals surface area (Å²) in [5.41, 5.74) is 6.88. The molecular weight excluding hydrogens is 190 g/mol. The van der Waals surface area contributed by atoms with Crippen LogP contribution in [0.25, 0.3) is 0 Å². The maximum absolute atomic E-state index is 8.96. The molecule has 2 N–H and O–H groups in total. The molecule has 0 fully saturated rings. The third kappa shape index (κ3) is 2.44. The van der Waals surface area contributed by atoms with Gasteiger partial charge in [-0.3, -0.25) is 0 Å². The number of rotatable bonds is 4. The molecule has 1 aromatic rings. The van der Waals surface area contributed by atoms with Crippen LogP contribution in [0.15, 0.2) is 6.07 Å². The van der Waals surface area contributed by atoms with Gasteiger partial charge in [-0.1, -0.05) is 13.8 Å². The third-order valence-electron chi connectivity index (χ3n) is 2.02. The Morgan fingerprint density at radius 2 is 2.27 bits per heavy atom. The average molecular weight is 207 g/mol. The summed E-state index contributed by atoms with van der Waals surface area (Å²) < 4.78 is 7.27. The Morgan fingerprint density at radius 3 is 2.73 bits per heavy atom. The first kappa shape index (κ1) is 11.4. The molecule has 0 radical (unpaired) electrons. The lowest BCUT2D eigenvalue weighted by molar-refractivity contribution is 0.303. The average Bonchev–Trinajstić information content (AvgIpc) is 2.45. The summed E-state index contributed by atoms with van der Waals surface area (Å²) in [6, 6.07) is 3.78. The SMILES string of the molecule is CCOc1c(N)cc(C#N)n1CC(C)C. The van der Waals surface area contributed by atoms with E-state index in [9.17, 15) is 0 Å². The van der Waals surface area contributed by atoms with Crippen molar-refractivity contribution in [1.82, 2.24) is 4.57 Å². The van der Waals surface area contributed by atoms with E-state index in [1.807, 2.05) is 11.5 Å². The van der Waals surface area contributed by atoms with E-state index in [1.165, 1.54) is 0 Å². The Bertz CT molecular complexity index is 374. The monoisotopic (exact) mass is 207 g/mol. The highest BCUT2D eigenvalue weighted by Gasteiger charge is 2.14. The van der Waals surface area contributed by atoms with Crippen molar-refractivity contribution in [2.24, 2.45) is 5.92 Å². The lowest BCUT2D eigenvalue weighted by atomic mass is 10.2. The zero-order valence-electron chi connectivity index (χ0n) is 9.45. The zero-order chi connectivity index (χ0) is 11.4. The number of anilines is 1. The van der Waals surface area contributed by atoms with Crippen molar-refractivity contribution in [3.63, 3.8) is 0 Å². The molecule has 0 aromatic carbocycles. The van der Waals surface area contributed by atoms with Crippen molar-refractivity contribution < 1.29 is 4.74 Å². The Kier molecular flexibility index (Phi) is 3.62. The summed E-state index contributed by atoms with van der Waals surface area (Å²) in [4.78, 5) is 0. The summed E-state index contributed by atoms with van der Waals surface area (Å²) in [6.45, 7) is 7.38. The largest absolute Gasteiger partial charge is 0.478 e. The molecule has 82 valence electrons. The van der Waals surface area contributed by atoms with Crippen LogP contribution in [0.2, 0.25) is 0 Å². The molecule has 0 unspecified atom stereocenters. The van der Waals surface area contributed by atoms with Crippen molar-refractivity contribution in [2.75, 3.05) is 12.3 Å². The second-order valence-electron chi connectivity index (χ2n) is 3.84. The predicted molar refractivity (Wildman–Crippen MR) is 59.6 cm³/mol. The first-order valence-electron chi connectivity index (χ1n) is 5.12. The molecule has 0 aliphatic heterocycles. The number of nitriles is 1. The van der Waals surface area contributed by atoms with Crippen LogP contribution >= 0.6 is 0 Å². The maximum Gasteiger partial charge on any atom is 0.218 e. The molecule has 1 rings (SSSR count). The van der Waals surface area contributed by atoms with E-state index in [2.05, 4.69) is 19.9 Å². The molecule has 0 amide bonds. The first-order valence-corrected chi connectivity index (χ1v) is 5.12. The normalized spacial score (nSPS) is 10.3. The van der Waals surface area contributed by atoms with Crippen LogP contribution < -0.4 is 10.5 Å². The summed E-state index contributed by atoms with van der Waals surface area (Å²) >= 11 is 0. The molecule has 0 saturated heterocycles. The molecule has 0 atom stereocenters. The van der Waals surface area contributed by atoms with E-state index in [4.69, 9.17) is 15.7 Å². The summed E-state index contributed by atoms with van der Waals surface area (Å²) in [5.74, 6) is 1.06. The minimum atomic E-state index is 0.447. The van der Waals surface area contributed by atoms with E-state index in [0.29, 0.717) is 29.8 Å². The Balaban J connectivity index is 3.12. The van der Waals surface area contributed by atoms with Gasteiger partial charge in [-0.2, -0.15) is 5.26 Å². The summed E-state index contributed by atoms with van der Waals surface area (Å²) in [5, 5.41) is 8.96. The van der Waals surface area contributed by atoms with Crippen LogP contribution in [0.1, 0.15) is 26.5 Å². The highest BCUT2D eigenvalue weighted by Crippen LogP contribution is 2.27. The second kappa shape index (κ2) is 4.74. The van der Waals surface area contributed by atoms with Crippen LogP contribution in [-0.2, 0) is 6.54 Å². The van der Waals surface area contributed by atoms with Crippen LogP contribution in [0.4, 0.5) is 5.69 Å². The Morgan fingerprint density at radius 1 is 1.60 bits per heavy atom. The number of hydrogen-bond donors (Lipinski definition) is 1. The van der Waals surface area contributed by atoms with Gasteiger partial charge >= 0.3 is 0 Å². The summed E-state index contributed by atoms with van der Waals surface area (Å²) in [7, 11) is 0. The van der Waals surface area contributed by atoms with Crippen molar-refractivity contribution in [1.29, 1.82) is 5.26 Å². The minimum Gasteiger partial charge on any atom is -0.478 e. The van der Waals surface area contributed by atoms with Gasteiger partial charge < -0.3 is 15.0 Å².